The Bertz CT molecular complexity index is 186. The molecule has 0 aromatic heterocycles. The van der Waals surface area contributed by atoms with Gasteiger partial charge in [0, 0.05) is 13.1 Å². The molecule has 1 fully saturated rings. The summed E-state index contributed by atoms with van der Waals surface area (Å²) in [6.45, 7) is 8.14. The normalized spacial score (nSPS) is 21.0. The first kappa shape index (κ1) is 14.9. The van der Waals surface area contributed by atoms with Crippen molar-refractivity contribution in [3.8, 4) is 0 Å². The summed E-state index contributed by atoms with van der Waals surface area (Å²) in [7, 11) is 4.36. The molecule has 17 heavy (non-hydrogen) atoms. The van der Waals surface area contributed by atoms with Crippen molar-refractivity contribution in [3.05, 3.63) is 0 Å². The van der Waals surface area contributed by atoms with Gasteiger partial charge in [0.05, 0.1) is 0 Å². The lowest BCUT2D eigenvalue weighted by molar-refractivity contribution is 0.143. The van der Waals surface area contributed by atoms with E-state index in [9.17, 15) is 0 Å². The number of nitrogens with zero attached hydrogens (tertiary/aromatic N) is 2. The van der Waals surface area contributed by atoms with E-state index in [-0.39, 0.29) is 0 Å². The summed E-state index contributed by atoms with van der Waals surface area (Å²) >= 11 is 0. The summed E-state index contributed by atoms with van der Waals surface area (Å²) in [6.07, 6.45) is 5.27. The van der Waals surface area contributed by atoms with E-state index < -0.39 is 0 Å². The number of piperidine rings is 1. The maximum Gasteiger partial charge on any atom is 0.00217 e. The van der Waals surface area contributed by atoms with Gasteiger partial charge < -0.3 is 15.5 Å². The molecule has 1 rings (SSSR count). The van der Waals surface area contributed by atoms with E-state index in [0.717, 1.165) is 12.5 Å². The van der Waals surface area contributed by atoms with Crippen LogP contribution in [0, 0.1) is 11.8 Å². The molecule has 1 atom stereocenters. The molecule has 0 aromatic rings. The van der Waals surface area contributed by atoms with Crippen molar-refractivity contribution in [1.82, 2.24) is 9.80 Å². The Balaban J connectivity index is 2.22. The van der Waals surface area contributed by atoms with E-state index >= 15 is 0 Å². The molecule has 0 amide bonds. The van der Waals surface area contributed by atoms with Gasteiger partial charge in [-0.1, -0.05) is 13.3 Å². The molecule has 0 aliphatic carbocycles. The van der Waals surface area contributed by atoms with Crippen LogP contribution in [0.4, 0.5) is 0 Å². The quantitative estimate of drug-likeness (QED) is 0.735. The molecular formula is C14H31N3. The number of likely N-dealkylation sites (tertiary alicyclic amines) is 1. The van der Waals surface area contributed by atoms with Crippen LogP contribution in [0.15, 0.2) is 0 Å². The maximum atomic E-state index is 5.84. The lowest BCUT2D eigenvalue weighted by Crippen LogP contribution is -2.40. The molecule has 3 heteroatoms. The predicted octanol–water partition coefficient (Wildman–Crippen LogP) is 1.64. The van der Waals surface area contributed by atoms with Gasteiger partial charge in [-0.15, -0.1) is 0 Å². The molecule has 1 aliphatic heterocycles. The van der Waals surface area contributed by atoms with Gasteiger partial charge in [0.1, 0.15) is 0 Å². The zero-order valence-corrected chi connectivity index (χ0v) is 12.0. The average molecular weight is 241 g/mol. The van der Waals surface area contributed by atoms with Gasteiger partial charge >= 0.3 is 0 Å². The minimum Gasteiger partial charge on any atom is -0.330 e. The zero-order valence-electron chi connectivity index (χ0n) is 12.0. The molecule has 0 saturated carbocycles. The molecular weight excluding hydrogens is 210 g/mol. The van der Waals surface area contributed by atoms with Crippen molar-refractivity contribution < 1.29 is 0 Å². The third-order valence-electron chi connectivity index (χ3n) is 3.88. The van der Waals surface area contributed by atoms with Crippen molar-refractivity contribution in [2.24, 2.45) is 17.6 Å². The van der Waals surface area contributed by atoms with Crippen LogP contribution < -0.4 is 5.73 Å². The van der Waals surface area contributed by atoms with E-state index in [1.807, 2.05) is 0 Å². The molecule has 2 N–H and O–H groups in total. The van der Waals surface area contributed by atoms with Crippen LogP contribution in [-0.2, 0) is 0 Å². The Labute approximate surface area is 107 Å². The topological polar surface area (TPSA) is 32.5 Å². The van der Waals surface area contributed by atoms with E-state index in [0.29, 0.717) is 5.92 Å². The maximum absolute atomic E-state index is 5.84. The first-order chi connectivity index (χ1) is 8.15. The summed E-state index contributed by atoms with van der Waals surface area (Å²) in [4.78, 5) is 4.94. The molecule has 0 aromatic carbocycles. The largest absolute Gasteiger partial charge is 0.330 e. The van der Waals surface area contributed by atoms with Crippen LogP contribution in [-0.4, -0.2) is 56.6 Å². The average Bonchev–Trinajstić information content (AvgIpc) is 2.30. The molecule has 1 saturated heterocycles. The monoisotopic (exact) mass is 241 g/mol. The molecule has 0 radical (unpaired) electrons. The lowest BCUT2D eigenvalue weighted by Gasteiger charge is -2.35. The van der Waals surface area contributed by atoms with Crippen molar-refractivity contribution in [2.75, 3.05) is 46.8 Å². The fourth-order valence-electron chi connectivity index (χ4n) is 2.93. The standard InChI is InChI=1S/C14H31N3/c1-4-5-14(10-15)12-17-8-6-13(7-9-17)11-16(2)3/h13-14H,4-12,15H2,1-3H3. The van der Waals surface area contributed by atoms with E-state index in [2.05, 4.69) is 30.8 Å². The smallest absolute Gasteiger partial charge is 0.00217 e. The minimum atomic E-state index is 0.713. The first-order valence-electron chi connectivity index (χ1n) is 7.22. The molecule has 0 spiro atoms. The van der Waals surface area contributed by atoms with Gasteiger partial charge in [-0.25, -0.2) is 0 Å². The Morgan fingerprint density at radius 3 is 2.41 bits per heavy atom. The van der Waals surface area contributed by atoms with Crippen LogP contribution in [0.1, 0.15) is 32.6 Å². The number of hydrogen-bond donors (Lipinski definition) is 1. The molecule has 0 bridgehead atoms. The van der Waals surface area contributed by atoms with Gasteiger partial charge in [0.15, 0.2) is 0 Å². The minimum absolute atomic E-state index is 0.713. The number of nitrogens with two attached hydrogens (primary N) is 1. The summed E-state index contributed by atoms with van der Waals surface area (Å²) in [5.41, 5.74) is 5.84. The van der Waals surface area contributed by atoms with Crippen LogP contribution in [0.2, 0.25) is 0 Å². The van der Waals surface area contributed by atoms with E-state index in [1.165, 1.54) is 51.9 Å². The predicted molar refractivity (Wildman–Crippen MR) is 75.2 cm³/mol. The Hall–Kier alpha value is -0.120. The Morgan fingerprint density at radius 1 is 1.29 bits per heavy atom. The molecule has 3 nitrogen and oxygen atoms in total. The van der Waals surface area contributed by atoms with Gasteiger partial charge in [-0.2, -0.15) is 0 Å². The van der Waals surface area contributed by atoms with Crippen LogP contribution in [0.3, 0.4) is 0 Å². The highest BCUT2D eigenvalue weighted by Crippen LogP contribution is 2.19. The fourth-order valence-corrected chi connectivity index (χ4v) is 2.93. The van der Waals surface area contributed by atoms with Gasteiger partial charge in [-0.05, 0) is 64.8 Å². The van der Waals surface area contributed by atoms with Crippen molar-refractivity contribution in [3.63, 3.8) is 0 Å². The van der Waals surface area contributed by atoms with Gasteiger partial charge in [0.2, 0.25) is 0 Å². The van der Waals surface area contributed by atoms with Gasteiger partial charge in [-0.3, -0.25) is 0 Å². The SMILES string of the molecule is CCCC(CN)CN1CCC(CN(C)C)CC1. The van der Waals surface area contributed by atoms with Crippen LogP contribution in [0.5, 0.6) is 0 Å². The Morgan fingerprint density at radius 2 is 1.94 bits per heavy atom. The third-order valence-corrected chi connectivity index (χ3v) is 3.88. The van der Waals surface area contributed by atoms with Crippen molar-refractivity contribution in [1.29, 1.82) is 0 Å². The second kappa shape index (κ2) is 8.06. The third kappa shape index (κ3) is 5.84. The van der Waals surface area contributed by atoms with Crippen molar-refractivity contribution in [2.45, 2.75) is 32.6 Å². The Kier molecular flexibility index (Phi) is 7.09. The summed E-state index contributed by atoms with van der Waals surface area (Å²) in [5.74, 6) is 1.62. The second-order valence-electron chi connectivity index (χ2n) is 5.90. The number of rotatable bonds is 7. The highest BCUT2D eigenvalue weighted by Gasteiger charge is 2.21. The highest BCUT2D eigenvalue weighted by atomic mass is 15.1. The molecule has 1 unspecified atom stereocenters. The summed E-state index contributed by atoms with van der Waals surface area (Å²) < 4.78 is 0. The van der Waals surface area contributed by atoms with Crippen LogP contribution >= 0.6 is 0 Å². The molecule has 1 heterocycles. The molecule has 1 aliphatic rings. The summed E-state index contributed by atoms with van der Waals surface area (Å²) in [6, 6.07) is 0. The second-order valence-corrected chi connectivity index (χ2v) is 5.90. The van der Waals surface area contributed by atoms with Gasteiger partial charge in [0.25, 0.3) is 0 Å². The fraction of sp³-hybridized carbons (Fsp3) is 1.00. The van der Waals surface area contributed by atoms with Crippen LogP contribution in [0.25, 0.3) is 0 Å². The van der Waals surface area contributed by atoms with E-state index in [4.69, 9.17) is 5.73 Å². The summed E-state index contributed by atoms with van der Waals surface area (Å²) in [5, 5.41) is 0. The first-order valence-corrected chi connectivity index (χ1v) is 7.22. The zero-order chi connectivity index (χ0) is 12.7. The van der Waals surface area contributed by atoms with E-state index in [1.54, 1.807) is 0 Å². The number of hydrogen-bond acceptors (Lipinski definition) is 3. The highest BCUT2D eigenvalue weighted by molar-refractivity contribution is 4.76. The lowest BCUT2D eigenvalue weighted by atomic mass is 9.95. The van der Waals surface area contributed by atoms with Crippen molar-refractivity contribution >= 4 is 0 Å². The molecule has 102 valence electrons.